The Bertz CT molecular complexity index is 486. The molecule has 2 rings (SSSR count). The highest BCUT2D eigenvalue weighted by Gasteiger charge is 2.27. The average Bonchev–Trinajstić information content (AvgIpc) is 2.58. The van der Waals surface area contributed by atoms with Gasteiger partial charge >= 0.3 is 0 Å². The summed E-state index contributed by atoms with van der Waals surface area (Å²) in [6.07, 6.45) is 0.891. The molecule has 1 aromatic rings. The van der Waals surface area contributed by atoms with Crippen molar-refractivity contribution in [2.75, 3.05) is 33.2 Å². The smallest absolute Gasteiger partial charge is 0.252 e. The molecule has 0 amide bonds. The van der Waals surface area contributed by atoms with Crippen LogP contribution in [0.1, 0.15) is 6.42 Å². The number of hydrogen-bond donors (Lipinski definition) is 0. The van der Waals surface area contributed by atoms with Crippen LogP contribution in [0.25, 0.3) is 0 Å². The van der Waals surface area contributed by atoms with Crippen molar-refractivity contribution in [1.29, 1.82) is 0 Å². The third-order valence-electron chi connectivity index (χ3n) is 2.82. The summed E-state index contributed by atoms with van der Waals surface area (Å²) < 4.78 is 27.6. The molecular formula is C10H15BrN2O2S2. The van der Waals surface area contributed by atoms with Gasteiger partial charge in [-0.05, 0) is 48.1 Å². The molecule has 0 unspecified atom stereocenters. The van der Waals surface area contributed by atoms with Gasteiger partial charge in [-0.3, -0.25) is 0 Å². The van der Waals surface area contributed by atoms with Crippen molar-refractivity contribution in [2.45, 2.75) is 10.6 Å². The first-order chi connectivity index (χ1) is 8.00. The van der Waals surface area contributed by atoms with E-state index in [1.807, 2.05) is 7.05 Å². The first-order valence-electron chi connectivity index (χ1n) is 5.44. The highest BCUT2D eigenvalue weighted by Crippen LogP contribution is 2.28. The molecule has 0 radical (unpaired) electrons. The summed E-state index contributed by atoms with van der Waals surface area (Å²) in [6.45, 7) is 2.95. The molecule has 1 aliphatic rings. The normalized spacial score (nSPS) is 20.4. The van der Waals surface area contributed by atoms with Crippen LogP contribution in [0.2, 0.25) is 0 Å². The van der Waals surface area contributed by atoms with Crippen LogP contribution in [0, 0.1) is 0 Å². The number of hydrogen-bond acceptors (Lipinski definition) is 4. The zero-order chi connectivity index (χ0) is 12.5. The molecule has 2 heterocycles. The second-order valence-corrected chi connectivity index (χ2v) is 8.75. The molecule has 1 aromatic heterocycles. The first kappa shape index (κ1) is 13.5. The maximum atomic E-state index is 12.4. The summed E-state index contributed by atoms with van der Waals surface area (Å²) in [5.41, 5.74) is 0. The van der Waals surface area contributed by atoms with Crippen molar-refractivity contribution in [2.24, 2.45) is 0 Å². The van der Waals surface area contributed by atoms with Crippen molar-refractivity contribution < 1.29 is 8.42 Å². The summed E-state index contributed by atoms with van der Waals surface area (Å²) in [5.74, 6) is 0. The van der Waals surface area contributed by atoms with E-state index in [1.165, 1.54) is 11.3 Å². The Hall–Kier alpha value is 0.0500. The largest absolute Gasteiger partial charge is 0.305 e. The topological polar surface area (TPSA) is 40.6 Å². The van der Waals surface area contributed by atoms with Gasteiger partial charge in [0.25, 0.3) is 10.0 Å². The molecule has 0 saturated carbocycles. The zero-order valence-corrected chi connectivity index (χ0v) is 12.8. The molecule has 17 heavy (non-hydrogen) atoms. The van der Waals surface area contributed by atoms with Gasteiger partial charge in [-0.1, -0.05) is 0 Å². The number of nitrogens with zero attached hydrogens (tertiary/aromatic N) is 2. The molecule has 1 saturated heterocycles. The van der Waals surface area contributed by atoms with Crippen LogP contribution in [-0.2, 0) is 10.0 Å². The fourth-order valence-electron chi connectivity index (χ4n) is 1.83. The number of thiophene rings is 1. The van der Waals surface area contributed by atoms with Gasteiger partial charge in [-0.2, -0.15) is 4.31 Å². The minimum absolute atomic E-state index is 0.425. The van der Waals surface area contributed by atoms with E-state index in [0.29, 0.717) is 17.3 Å². The summed E-state index contributed by atoms with van der Waals surface area (Å²) in [7, 11) is -1.27. The summed E-state index contributed by atoms with van der Waals surface area (Å²) >= 11 is 4.57. The van der Waals surface area contributed by atoms with Gasteiger partial charge in [0.2, 0.25) is 0 Å². The maximum Gasteiger partial charge on any atom is 0.252 e. The van der Waals surface area contributed by atoms with E-state index in [0.717, 1.165) is 23.3 Å². The molecule has 1 fully saturated rings. The summed E-state index contributed by atoms with van der Waals surface area (Å²) in [5, 5.41) is 0. The monoisotopic (exact) mass is 338 g/mol. The minimum Gasteiger partial charge on any atom is -0.305 e. The maximum absolute atomic E-state index is 12.4. The Morgan fingerprint density at radius 1 is 1.24 bits per heavy atom. The highest BCUT2D eigenvalue weighted by molar-refractivity contribution is 9.11. The Kier molecular flexibility index (Phi) is 4.25. The predicted octanol–water partition coefficient (Wildman–Crippen LogP) is 1.84. The quantitative estimate of drug-likeness (QED) is 0.826. The van der Waals surface area contributed by atoms with Crippen LogP contribution in [0.3, 0.4) is 0 Å². The van der Waals surface area contributed by atoms with Crippen LogP contribution >= 0.6 is 27.3 Å². The van der Waals surface area contributed by atoms with Crippen LogP contribution in [0.5, 0.6) is 0 Å². The second-order valence-electron chi connectivity index (χ2n) is 4.12. The molecule has 1 aliphatic heterocycles. The van der Waals surface area contributed by atoms with Gasteiger partial charge in [0.1, 0.15) is 4.21 Å². The highest BCUT2D eigenvalue weighted by atomic mass is 79.9. The number of likely N-dealkylation sites (N-methyl/N-ethyl adjacent to an activating group) is 1. The Morgan fingerprint density at radius 3 is 2.65 bits per heavy atom. The van der Waals surface area contributed by atoms with Gasteiger partial charge in [-0.25, -0.2) is 8.42 Å². The van der Waals surface area contributed by atoms with Gasteiger partial charge in [-0.15, -0.1) is 11.3 Å². The van der Waals surface area contributed by atoms with E-state index >= 15 is 0 Å². The lowest BCUT2D eigenvalue weighted by atomic mass is 10.4. The first-order valence-corrected chi connectivity index (χ1v) is 8.49. The molecule has 0 aliphatic carbocycles. The van der Waals surface area contributed by atoms with E-state index < -0.39 is 10.0 Å². The van der Waals surface area contributed by atoms with Crippen molar-refractivity contribution in [3.05, 3.63) is 15.9 Å². The Balaban J connectivity index is 2.20. The van der Waals surface area contributed by atoms with Crippen LogP contribution in [0.15, 0.2) is 20.1 Å². The number of rotatable bonds is 2. The molecule has 96 valence electrons. The molecular weight excluding hydrogens is 324 g/mol. The number of halogens is 1. The third kappa shape index (κ3) is 3.08. The van der Waals surface area contributed by atoms with Crippen molar-refractivity contribution in [3.63, 3.8) is 0 Å². The van der Waals surface area contributed by atoms with Gasteiger partial charge in [0.15, 0.2) is 0 Å². The van der Waals surface area contributed by atoms with Crippen LogP contribution in [0.4, 0.5) is 0 Å². The second kappa shape index (κ2) is 5.36. The fourth-order valence-corrected chi connectivity index (χ4v) is 5.46. The third-order valence-corrected chi connectivity index (χ3v) is 6.81. The van der Waals surface area contributed by atoms with Crippen LogP contribution < -0.4 is 0 Å². The summed E-state index contributed by atoms with van der Waals surface area (Å²) in [4.78, 5) is 2.17. The lowest BCUT2D eigenvalue weighted by Gasteiger charge is -2.18. The Labute approximate surface area is 114 Å². The van der Waals surface area contributed by atoms with Crippen molar-refractivity contribution in [1.82, 2.24) is 9.21 Å². The van der Waals surface area contributed by atoms with Crippen LogP contribution in [-0.4, -0.2) is 50.8 Å². The standard InChI is InChI=1S/C10H15BrN2O2S2/c1-12-5-2-6-13(8-7-12)17(14,15)10-4-3-9(11)16-10/h3-4H,2,5-8H2,1H3. The van der Waals surface area contributed by atoms with Gasteiger partial charge in [0, 0.05) is 19.6 Å². The molecule has 0 N–H and O–H groups in total. The van der Waals surface area contributed by atoms with Crippen molar-refractivity contribution >= 4 is 37.3 Å². The molecule has 7 heteroatoms. The lowest BCUT2D eigenvalue weighted by molar-refractivity contribution is 0.347. The SMILES string of the molecule is CN1CCCN(S(=O)(=O)c2ccc(Br)s2)CC1. The zero-order valence-electron chi connectivity index (χ0n) is 9.60. The molecule has 0 bridgehead atoms. The van der Waals surface area contributed by atoms with E-state index in [2.05, 4.69) is 20.8 Å². The Morgan fingerprint density at radius 2 is 2.00 bits per heavy atom. The van der Waals surface area contributed by atoms with E-state index in [1.54, 1.807) is 16.4 Å². The van der Waals surface area contributed by atoms with Crippen molar-refractivity contribution in [3.8, 4) is 0 Å². The molecule has 0 atom stereocenters. The van der Waals surface area contributed by atoms with Gasteiger partial charge in [0.05, 0.1) is 3.79 Å². The predicted molar refractivity (Wildman–Crippen MR) is 72.9 cm³/mol. The molecule has 0 aromatic carbocycles. The average molecular weight is 339 g/mol. The van der Waals surface area contributed by atoms with E-state index in [9.17, 15) is 8.42 Å². The van der Waals surface area contributed by atoms with E-state index in [4.69, 9.17) is 0 Å². The molecule has 0 spiro atoms. The van der Waals surface area contributed by atoms with Gasteiger partial charge < -0.3 is 4.90 Å². The minimum atomic E-state index is -3.29. The summed E-state index contributed by atoms with van der Waals surface area (Å²) in [6, 6.07) is 3.44. The fraction of sp³-hybridized carbons (Fsp3) is 0.600. The number of sulfonamides is 1. The van der Waals surface area contributed by atoms with E-state index in [-0.39, 0.29) is 0 Å². The lowest BCUT2D eigenvalue weighted by Crippen LogP contribution is -2.34. The molecule has 4 nitrogen and oxygen atoms in total.